The van der Waals surface area contributed by atoms with Gasteiger partial charge in [0.1, 0.15) is 11.6 Å². The topological polar surface area (TPSA) is 38.4 Å². The summed E-state index contributed by atoms with van der Waals surface area (Å²) in [5, 5.41) is 0.337. The molecular formula is C14H13F2IN2S. The van der Waals surface area contributed by atoms with Crippen LogP contribution in [-0.2, 0) is 0 Å². The SMILES string of the molecule is CSC(N)=Nc1ccccc1-c1c(F)cccc1F.I. The van der Waals surface area contributed by atoms with Gasteiger partial charge in [0.15, 0.2) is 5.17 Å². The molecule has 6 heteroatoms. The standard InChI is InChI=1S/C14H12F2N2S.HI/c1-19-14(17)18-12-8-3-2-5-9(12)13-10(15)6-4-7-11(13)16;/h2-8H,1H3,(H2,17,18);1H. The summed E-state index contributed by atoms with van der Waals surface area (Å²) in [5.41, 5.74) is 6.39. The Hall–Kier alpha value is -1.15. The molecular weight excluding hydrogens is 393 g/mol. The van der Waals surface area contributed by atoms with Gasteiger partial charge in [0.25, 0.3) is 0 Å². The van der Waals surface area contributed by atoms with Gasteiger partial charge in [0.05, 0.1) is 11.3 Å². The highest BCUT2D eigenvalue weighted by molar-refractivity contribution is 14.0. The van der Waals surface area contributed by atoms with Crippen molar-refractivity contribution in [1.82, 2.24) is 0 Å². The normalized spacial score (nSPS) is 11.1. The Bertz CT molecular complexity index is 612. The number of hydrogen-bond acceptors (Lipinski definition) is 2. The predicted molar refractivity (Wildman–Crippen MR) is 92.0 cm³/mol. The quantitative estimate of drug-likeness (QED) is 0.451. The molecule has 0 aliphatic carbocycles. The number of benzene rings is 2. The molecule has 2 N–H and O–H groups in total. The fourth-order valence-corrected chi connectivity index (χ4v) is 1.89. The Morgan fingerprint density at radius 3 is 2.25 bits per heavy atom. The second kappa shape index (κ2) is 7.58. The largest absolute Gasteiger partial charge is 0.378 e. The molecule has 0 heterocycles. The molecule has 0 aliphatic rings. The van der Waals surface area contributed by atoms with E-state index in [0.29, 0.717) is 16.4 Å². The van der Waals surface area contributed by atoms with Crippen molar-refractivity contribution in [2.24, 2.45) is 10.7 Å². The highest BCUT2D eigenvalue weighted by atomic mass is 127. The van der Waals surface area contributed by atoms with E-state index in [1.165, 1.54) is 30.0 Å². The fourth-order valence-electron chi connectivity index (χ4n) is 1.70. The van der Waals surface area contributed by atoms with Gasteiger partial charge in [0.2, 0.25) is 0 Å². The Balaban J connectivity index is 0.00000200. The molecule has 106 valence electrons. The minimum Gasteiger partial charge on any atom is -0.378 e. The zero-order chi connectivity index (χ0) is 13.8. The zero-order valence-corrected chi connectivity index (χ0v) is 13.8. The van der Waals surface area contributed by atoms with Crippen LogP contribution in [0.5, 0.6) is 0 Å². The molecule has 2 rings (SSSR count). The first-order valence-electron chi connectivity index (χ1n) is 5.55. The third-order valence-corrected chi connectivity index (χ3v) is 3.09. The molecule has 0 saturated carbocycles. The van der Waals surface area contributed by atoms with Crippen molar-refractivity contribution in [3.05, 3.63) is 54.1 Å². The Labute approximate surface area is 137 Å². The highest BCUT2D eigenvalue weighted by Crippen LogP contribution is 2.34. The molecule has 2 aromatic rings. The lowest BCUT2D eigenvalue weighted by molar-refractivity contribution is 0.589. The number of aliphatic imine (C=N–C) groups is 1. The molecule has 0 aromatic heterocycles. The minimum absolute atomic E-state index is 0. The van der Waals surface area contributed by atoms with Crippen LogP contribution in [-0.4, -0.2) is 11.4 Å². The van der Waals surface area contributed by atoms with Crippen molar-refractivity contribution in [1.29, 1.82) is 0 Å². The van der Waals surface area contributed by atoms with Crippen LogP contribution in [0, 0.1) is 11.6 Å². The first-order chi connectivity index (χ1) is 9.13. The van der Waals surface area contributed by atoms with Gasteiger partial charge in [-0.3, -0.25) is 0 Å². The summed E-state index contributed by atoms with van der Waals surface area (Å²) in [6.45, 7) is 0. The average Bonchev–Trinajstić information content (AvgIpc) is 2.40. The second-order valence-electron chi connectivity index (χ2n) is 3.77. The van der Waals surface area contributed by atoms with E-state index in [9.17, 15) is 8.78 Å². The number of hydrogen-bond donors (Lipinski definition) is 1. The fraction of sp³-hybridized carbons (Fsp3) is 0.0714. The summed E-state index contributed by atoms with van der Waals surface area (Å²) >= 11 is 1.27. The summed E-state index contributed by atoms with van der Waals surface area (Å²) in [6, 6.07) is 10.5. The lowest BCUT2D eigenvalue weighted by Gasteiger charge is -2.08. The van der Waals surface area contributed by atoms with E-state index in [0.717, 1.165) is 0 Å². The lowest BCUT2D eigenvalue weighted by Crippen LogP contribution is -2.04. The molecule has 0 bridgehead atoms. The Kier molecular flexibility index (Phi) is 6.41. The van der Waals surface area contributed by atoms with Crippen LogP contribution >= 0.6 is 35.7 Å². The smallest absolute Gasteiger partial charge is 0.158 e. The van der Waals surface area contributed by atoms with E-state index in [1.807, 2.05) is 0 Å². The zero-order valence-electron chi connectivity index (χ0n) is 10.6. The third kappa shape index (κ3) is 3.69. The number of rotatable bonds is 2. The van der Waals surface area contributed by atoms with Gasteiger partial charge in [-0.1, -0.05) is 36.0 Å². The first-order valence-corrected chi connectivity index (χ1v) is 6.77. The Morgan fingerprint density at radius 1 is 1.05 bits per heavy atom. The maximum atomic E-state index is 13.8. The van der Waals surface area contributed by atoms with Gasteiger partial charge >= 0.3 is 0 Å². The van der Waals surface area contributed by atoms with E-state index in [2.05, 4.69) is 4.99 Å². The highest BCUT2D eigenvalue weighted by Gasteiger charge is 2.14. The molecule has 0 atom stereocenters. The van der Waals surface area contributed by atoms with Gasteiger partial charge < -0.3 is 5.73 Å². The molecule has 0 amide bonds. The van der Waals surface area contributed by atoms with Gasteiger partial charge in [-0.25, -0.2) is 13.8 Å². The summed E-state index contributed by atoms with van der Waals surface area (Å²) in [5.74, 6) is -1.24. The van der Waals surface area contributed by atoms with E-state index in [-0.39, 0.29) is 29.5 Å². The average molecular weight is 406 g/mol. The minimum atomic E-state index is -0.620. The van der Waals surface area contributed by atoms with Crippen LogP contribution in [0.25, 0.3) is 11.1 Å². The van der Waals surface area contributed by atoms with E-state index in [4.69, 9.17) is 5.73 Å². The van der Waals surface area contributed by atoms with Crippen molar-refractivity contribution < 1.29 is 8.78 Å². The molecule has 0 saturated heterocycles. The van der Waals surface area contributed by atoms with Crippen LogP contribution in [0.3, 0.4) is 0 Å². The number of para-hydroxylation sites is 1. The van der Waals surface area contributed by atoms with Crippen molar-refractivity contribution in [3.63, 3.8) is 0 Å². The van der Waals surface area contributed by atoms with Crippen LogP contribution in [0.15, 0.2) is 47.5 Å². The Morgan fingerprint density at radius 2 is 1.65 bits per heavy atom. The molecule has 0 aliphatic heterocycles. The number of nitrogens with two attached hydrogens (primary N) is 1. The summed E-state index contributed by atoms with van der Waals surface area (Å²) in [7, 11) is 0. The maximum absolute atomic E-state index is 13.8. The van der Waals surface area contributed by atoms with E-state index >= 15 is 0 Å². The van der Waals surface area contributed by atoms with Gasteiger partial charge in [0, 0.05) is 5.56 Å². The molecule has 2 nitrogen and oxygen atoms in total. The lowest BCUT2D eigenvalue weighted by atomic mass is 10.0. The first kappa shape index (κ1) is 16.9. The maximum Gasteiger partial charge on any atom is 0.158 e. The molecule has 0 unspecified atom stereocenters. The van der Waals surface area contributed by atoms with E-state index in [1.54, 1.807) is 30.5 Å². The van der Waals surface area contributed by atoms with Gasteiger partial charge in [-0.05, 0) is 24.5 Å². The van der Waals surface area contributed by atoms with Crippen molar-refractivity contribution >= 4 is 46.6 Å². The van der Waals surface area contributed by atoms with Crippen molar-refractivity contribution in [3.8, 4) is 11.1 Å². The van der Waals surface area contributed by atoms with Gasteiger partial charge in [-0.2, -0.15) is 0 Å². The van der Waals surface area contributed by atoms with Crippen molar-refractivity contribution in [2.45, 2.75) is 0 Å². The second-order valence-corrected chi connectivity index (χ2v) is 4.59. The molecule has 0 spiro atoms. The van der Waals surface area contributed by atoms with Crippen molar-refractivity contribution in [2.75, 3.05) is 6.26 Å². The number of nitrogens with zero attached hydrogens (tertiary/aromatic N) is 1. The third-order valence-electron chi connectivity index (χ3n) is 2.58. The molecule has 0 fully saturated rings. The summed E-state index contributed by atoms with van der Waals surface area (Å²) in [4.78, 5) is 4.16. The monoisotopic (exact) mass is 406 g/mol. The van der Waals surface area contributed by atoms with E-state index < -0.39 is 11.6 Å². The number of amidine groups is 1. The number of thioether (sulfide) groups is 1. The number of halogens is 3. The van der Waals surface area contributed by atoms with Crippen LogP contribution in [0.1, 0.15) is 0 Å². The van der Waals surface area contributed by atoms with Gasteiger partial charge in [-0.15, -0.1) is 24.0 Å². The summed E-state index contributed by atoms with van der Waals surface area (Å²) in [6.07, 6.45) is 1.78. The summed E-state index contributed by atoms with van der Waals surface area (Å²) < 4.78 is 27.6. The molecule has 20 heavy (non-hydrogen) atoms. The predicted octanol–water partition coefficient (Wildman–Crippen LogP) is 4.56. The van der Waals surface area contributed by atoms with Crippen LogP contribution in [0.4, 0.5) is 14.5 Å². The van der Waals surface area contributed by atoms with Crippen LogP contribution < -0.4 is 5.73 Å². The molecule has 2 aromatic carbocycles. The molecule has 0 radical (unpaired) electrons. The van der Waals surface area contributed by atoms with Crippen LogP contribution in [0.2, 0.25) is 0 Å².